The highest BCUT2D eigenvalue weighted by Gasteiger charge is 2.47. The Bertz CT molecular complexity index is 1190. The summed E-state index contributed by atoms with van der Waals surface area (Å²) >= 11 is 0. The van der Waals surface area contributed by atoms with Crippen LogP contribution in [0.4, 0.5) is 24.7 Å². The summed E-state index contributed by atoms with van der Waals surface area (Å²) < 4.78 is 58.1. The summed E-state index contributed by atoms with van der Waals surface area (Å²) in [6.45, 7) is 0.0825. The molecule has 0 saturated carbocycles. The van der Waals surface area contributed by atoms with Crippen LogP contribution in [-0.4, -0.2) is 35.8 Å². The van der Waals surface area contributed by atoms with Crippen molar-refractivity contribution in [1.82, 2.24) is 9.78 Å². The SMILES string of the molecule is COc1ccc([C@H]2C[C@H](C(F)(F)F)n3ncc(C(=O)Nc4ccc5c(c4)OCO5)c3N2)cc1. The molecular weight excluding hydrogens is 441 g/mol. The first kappa shape index (κ1) is 21.0. The van der Waals surface area contributed by atoms with E-state index in [2.05, 4.69) is 15.7 Å². The fourth-order valence-corrected chi connectivity index (χ4v) is 3.96. The largest absolute Gasteiger partial charge is 0.497 e. The van der Waals surface area contributed by atoms with Gasteiger partial charge in [0.05, 0.1) is 19.3 Å². The molecule has 0 saturated heterocycles. The Morgan fingerprint density at radius 2 is 1.94 bits per heavy atom. The van der Waals surface area contributed by atoms with Crippen LogP contribution in [0.2, 0.25) is 0 Å². The van der Waals surface area contributed by atoms with Gasteiger partial charge < -0.3 is 24.8 Å². The number of aromatic nitrogens is 2. The number of carbonyl (C=O) groups excluding carboxylic acids is 1. The van der Waals surface area contributed by atoms with Crippen molar-refractivity contribution in [3.63, 3.8) is 0 Å². The van der Waals surface area contributed by atoms with Crippen LogP contribution in [0.15, 0.2) is 48.7 Å². The monoisotopic (exact) mass is 460 g/mol. The number of fused-ring (bicyclic) bond motifs is 2. The summed E-state index contributed by atoms with van der Waals surface area (Å²) in [5.74, 6) is 1.02. The molecule has 8 nitrogen and oxygen atoms in total. The summed E-state index contributed by atoms with van der Waals surface area (Å²) in [4.78, 5) is 13.0. The number of anilines is 2. The Labute approximate surface area is 186 Å². The topological polar surface area (TPSA) is 86.6 Å². The zero-order valence-electron chi connectivity index (χ0n) is 17.3. The average Bonchev–Trinajstić information content (AvgIpc) is 3.44. The molecule has 172 valence electrons. The molecule has 0 spiro atoms. The van der Waals surface area contributed by atoms with Gasteiger partial charge in [-0.2, -0.15) is 18.3 Å². The van der Waals surface area contributed by atoms with Crippen LogP contribution in [0.25, 0.3) is 0 Å². The van der Waals surface area contributed by atoms with E-state index in [4.69, 9.17) is 14.2 Å². The third-order valence-corrected chi connectivity index (χ3v) is 5.63. The van der Waals surface area contributed by atoms with Gasteiger partial charge in [0.1, 0.15) is 17.1 Å². The van der Waals surface area contributed by atoms with Crippen molar-refractivity contribution < 1.29 is 32.2 Å². The smallest absolute Gasteiger partial charge is 0.410 e. The molecule has 2 aliphatic heterocycles. The van der Waals surface area contributed by atoms with Gasteiger partial charge in [-0.15, -0.1) is 0 Å². The van der Waals surface area contributed by atoms with E-state index in [0.717, 1.165) is 10.9 Å². The number of amides is 1. The molecule has 5 rings (SSSR count). The zero-order chi connectivity index (χ0) is 23.2. The predicted molar refractivity (Wildman–Crippen MR) is 112 cm³/mol. The average molecular weight is 460 g/mol. The van der Waals surface area contributed by atoms with E-state index in [1.54, 1.807) is 42.5 Å². The summed E-state index contributed by atoms with van der Waals surface area (Å²) in [7, 11) is 1.51. The first-order valence-electron chi connectivity index (χ1n) is 10.1. The lowest BCUT2D eigenvalue weighted by Crippen LogP contribution is -2.36. The van der Waals surface area contributed by atoms with Crippen molar-refractivity contribution in [3.05, 3.63) is 59.8 Å². The molecule has 2 aliphatic rings. The zero-order valence-corrected chi connectivity index (χ0v) is 17.3. The van der Waals surface area contributed by atoms with Crippen LogP contribution in [0.5, 0.6) is 17.2 Å². The lowest BCUT2D eigenvalue weighted by atomic mass is 9.96. The number of hydrogen-bond acceptors (Lipinski definition) is 6. The molecule has 0 aliphatic carbocycles. The number of ether oxygens (including phenoxy) is 3. The maximum absolute atomic E-state index is 13.9. The molecule has 0 radical (unpaired) electrons. The van der Waals surface area contributed by atoms with E-state index in [-0.39, 0.29) is 24.6 Å². The number of halogens is 3. The number of alkyl halides is 3. The summed E-state index contributed by atoms with van der Waals surface area (Å²) in [6.07, 6.45) is -3.67. The number of nitrogens with zero attached hydrogens (tertiary/aromatic N) is 2. The van der Waals surface area contributed by atoms with E-state index < -0.39 is 24.2 Å². The van der Waals surface area contributed by atoms with Crippen molar-refractivity contribution in [2.45, 2.75) is 24.7 Å². The minimum atomic E-state index is -4.54. The van der Waals surface area contributed by atoms with Gasteiger partial charge in [0.25, 0.3) is 5.91 Å². The highest BCUT2D eigenvalue weighted by molar-refractivity contribution is 6.07. The predicted octanol–water partition coefficient (Wildman–Crippen LogP) is 4.53. The van der Waals surface area contributed by atoms with Crippen molar-refractivity contribution in [3.8, 4) is 17.2 Å². The number of nitrogens with one attached hydrogen (secondary N) is 2. The molecule has 3 aromatic rings. The molecule has 11 heteroatoms. The molecule has 2 N–H and O–H groups in total. The van der Waals surface area contributed by atoms with Crippen molar-refractivity contribution in [2.75, 3.05) is 24.5 Å². The van der Waals surface area contributed by atoms with Gasteiger partial charge in [-0.25, -0.2) is 4.68 Å². The van der Waals surface area contributed by atoms with Crippen LogP contribution >= 0.6 is 0 Å². The first-order valence-corrected chi connectivity index (χ1v) is 10.1. The van der Waals surface area contributed by atoms with E-state index in [1.807, 2.05) is 0 Å². The number of methoxy groups -OCH3 is 1. The molecular formula is C22H19F3N4O4. The van der Waals surface area contributed by atoms with Crippen LogP contribution in [0, 0.1) is 0 Å². The van der Waals surface area contributed by atoms with E-state index in [0.29, 0.717) is 28.5 Å². The second-order valence-corrected chi connectivity index (χ2v) is 7.64. The molecule has 3 heterocycles. The Morgan fingerprint density at radius 1 is 1.18 bits per heavy atom. The maximum atomic E-state index is 13.9. The molecule has 1 amide bonds. The fourth-order valence-electron chi connectivity index (χ4n) is 3.96. The number of hydrogen-bond donors (Lipinski definition) is 2. The second-order valence-electron chi connectivity index (χ2n) is 7.64. The second kappa shape index (κ2) is 7.91. The standard InChI is InChI=1S/C22H19F3N4O4/c1-31-14-5-2-12(3-6-14)16-9-19(22(23,24)25)29-20(28-16)15(10-26-29)21(30)27-13-4-7-17-18(8-13)33-11-32-17/h2-8,10,16,19,28H,9,11H2,1H3,(H,27,30)/t16-,19-/m1/s1. The normalized spacial score (nSPS) is 18.9. The highest BCUT2D eigenvalue weighted by Crippen LogP contribution is 2.44. The lowest BCUT2D eigenvalue weighted by molar-refractivity contribution is -0.173. The van der Waals surface area contributed by atoms with Crippen LogP contribution in [-0.2, 0) is 0 Å². The van der Waals surface area contributed by atoms with Gasteiger partial charge in [0.15, 0.2) is 17.5 Å². The highest BCUT2D eigenvalue weighted by atomic mass is 19.4. The summed E-state index contributed by atoms with van der Waals surface area (Å²) in [5, 5.41) is 9.63. The minimum absolute atomic E-state index is 0.000119. The minimum Gasteiger partial charge on any atom is -0.497 e. The van der Waals surface area contributed by atoms with Crippen molar-refractivity contribution in [2.24, 2.45) is 0 Å². The van der Waals surface area contributed by atoms with Gasteiger partial charge in [0, 0.05) is 18.2 Å². The number of carbonyl (C=O) groups is 1. The number of rotatable bonds is 4. The molecule has 0 unspecified atom stereocenters. The molecule has 0 fully saturated rings. The van der Waals surface area contributed by atoms with Gasteiger partial charge in [-0.05, 0) is 29.8 Å². The Kier molecular flexibility index (Phi) is 5.03. The van der Waals surface area contributed by atoms with Crippen molar-refractivity contribution >= 4 is 17.4 Å². The van der Waals surface area contributed by atoms with E-state index >= 15 is 0 Å². The first-order chi connectivity index (χ1) is 15.8. The quantitative estimate of drug-likeness (QED) is 0.595. The molecule has 2 atom stereocenters. The van der Waals surface area contributed by atoms with E-state index in [9.17, 15) is 18.0 Å². The van der Waals surface area contributed by atoms with Crippen LogP contribution < -0.4 is 24.8 Å². The molecule has 2 aromatic carbocycles. The molecule has 0 bridgehead atoms. The van der Waals surface area contributed by atoms with Crippen LogP contribution in [0.3, 0.4) is 0 Å². The van der Waals surface area contributed by atoms with Gasteiger partial charge in [-0.3, -0.25) is 4.79 Å². The molecule has 1 aromatic heterocycles. The Hall–Kier alpha value is -3.89. The summed E-state index contributed by atoms with van der Waals surface area (Å²) in [5.41, 5.74) is 1.05. The van der Waals surface area contributed by atoms with Gasteiger partial charge >= 0.3 is 6.18 Å². The fraction of sp³-hybridized carbons (Fsp3) is 0.273. The Morgan fingerprint density at radius 3 is 2.67 bits per heavy atom. The third kappa shape index (κ3) is 3.90. The third-order valence-electron chi connectivity index (χ3n) is 5.63. The number of benzene rings is 2. The van der Waals surface area contributed by atoms with Gasteiger partial charge in [0.2, 0.25) is 6.79 Å². The van der Waals surface area contributed by atoms with Crippen molar-refractivity contribution in [1.29, 1.82) is 0 Å². The molecule has 33 heavy (non-hydrogen) atoms. The van der Waals surface area contributed by atoms with Crippen LogP contribution in [0.1, 0.15) is 34.4 Å². The summed E-state index contributed by atoms with van der Waals surface area (Å²) in [6, 6.07) is 9.04. The van der Waals surface area contributed by atoms with E-state index in [1.165, 1.54) is 7.11 Å². The van der Waals surface area contributed by atoms with Gasteiger partial charge in [-0.1, -0.05) is 12.1 Å². The Balaban J connectivity index is 1.45. The lowest BCUT2D eigenvalue weighted by Gasteiger charge is -2.34. The maximum Gasteiger partial charge on any atom is 0.410 e.